The number of thioether (sulfide) groups is 1. The lowest BCUT2D eigenvalue weighted by Gasteiger charge is -2.32. The topological polar surface area (TPSA) is 44.8 Å². The van der Waals surface area contributed by atoms with Gasteiger partial charge in [0.2, 0.25) is 0 Å². The summed E-state index contributed by atoms with van der Waals surface area (Å²) in [7, 11) is 2.56. The van der Waals surface area contributed by atoms with Crippen LogP contribution in [0.25, 0.3) is 0 Å². The van der Waals surface area contributed by atoms with Crippen molar-refractivity contribution in [3.63, 3.8) is 0 Å². The Morgan fingerprint density at radius 3 is 2.19 bits per heavy atom. The van der Waals surface area contributed by atoms with E-state index in [0.717, 1.165) is 0 Å². The second kappa shape index (κ2) is 7.03. The second-order valence-electron chi connectivity index (χ2n) is 2.95. The van der Waals surface area contributed by atoms with Crippen molar-refractivity contribution in [2.24, 2.45) is 0 Å². The fourth-order valence-corrected chi connectivity index (χ4v) is 1.84. The van der Waals surface area contributed by atoms with Gasteiger partial charge in [-0.2, -0.15) is 8.78 Å². The first-order chi connectivity index (χ1) is 7.41. The number of rotatable bonds is 7. The van der Waals surface area contributed by atoms with Crippen molar-refractivity contribution < 1.29 is 27.8 Å². The molecule has 0 amide bonds. The van der Waals surface area contributed by atoms with Crippen LogP contribution in [-0.2, 0) is 19.0 Å². The maximum atomic E-state index is 12.3. The summed E-state index contributed by atoms with van der Waals surface area (Å²) in [6.45, 7) is 3.12. The molecule has 16 heavy (non-hydrogen) atoms. The van der Waals surface area contributed by atoms with Gasteiger partial charge in [0.25, 0.3) is 5.76 Å². The highest BCUT2D eigenvalue weighted by Crippen LogP contribution is 2.32. The number of halogens is 2. The summed E-state index contributed by atoms with van der Waals surface area (Å²) in [5, 5.41) is -1.23. The van der Waals surface area contributed by atoms with E-state index < -0.39 is 22.8 Å². The molecule has 1 unspecified atom stereocenters. The van der Waals surface area contributed by atoms with Crippen molar-refractivity contribution >= 4 is 17.7 Å². The summed E-state index contributed by atoms with van der Waals surface area (Å²) in [6.07, 6.45) is 0. The molecule has 0 rings (SSSR count). The number of methoxy groups -OCH3 is 2. The monoisotopic (exact) mass is 258 g/mol. The third-order valence-corrected chi connectivity index (χ3v) is 3.13. The van der Waals surface area contributed by atoms with Crippen molar-refractivity contribution in [2.75, 3.05) is 20.8 Å². The van der Waals surface area contributed by atoms with Crippen LogP contribution in [0.5, 0.6) is 0 Å². The minimum absolute atomic E-state index is 0.114. The number of hydrogen-bond acceptors (Lipinski definition) is 5. The molecular formula is C9H16F2O4S. The zero-order valence-corrected chi connectivity index (χ0v) is 10.5. The Kier molecular flexibility index (Phi) is 6.85. The summed E-state index contributed by atoms with van der Waals surface area (Å²) < 4.78 is 39.2. The molecule has 0 aliphatic heterocycles. The molecular weight excluding hydrogens is 242 g/mol. The highest BCUT2D eigenvalue weighted by atomic mass is 32.2. The molecule has 96 valence electrons. The van der Waals surface area contributed by atoms with E-state index in [1.165, 1.54) is 21.1 Å². The highest BCUT2D eigenvalue weighted by Gasteiger charge is 2.43. The van der Waals surface area contributed by atoms with Crippen LogP contribution in [0.15, 0.2) is 0 Å². The van der Waals surface area contributed by atoms with Gasteiger partial charge in [-0.05, 0) is 13.8 Å². The Labute approximate surface area is 97.6 Å². The molecule has 7 heteroatoms. The average Bonchev–Trinajstić information content (AvgIpc) is 2.25. The molecule has 1 atom stereocenters. The minimum atomic E-state index is -2.71. The van der Waals surface area contributed by atoms with Crippen LogP contribution in [0, 0.1) is 0 Å². The van der Waals surface area contributed by atoms with Gasteiger partial charge in [0.15, 0.2) is 11.0 Å². The van der Waals surface area contributed by atoms with Crippen molar-refractivity contribution in [3.05, 3.63) is 0 Å². The highest BCUT2D eigenvalue weighted by molar-refractivity contribution is 8.00. The van der Waals surface area contributed by atoms with Crippen LogP contribution in [0.2, 0.25) is 0 Å². The van der Waals surface area contributed by atoms with Gasteiger partial charge in [0, 0.05) is 14.2 Å². The zero-order chi connectivity index (χ0) is 12.8. The van der Waals surface area contributed by atoms with E-state index in [2.05, 4.69) is 0 Å². The van der Waals surface area contributed by atoms with Crippen LogP contribution in [0.4, 0.5) is 8.78 Å². The largest absolute Gasteiger partial charge is 0.465 e. The van der Waals surface area contributed by atoms with Gasteiger partial charge < -0.3 is 14.2 Å². The molecule has 0 radical (unpaired) electrons. The maximum Gasteiger partial charge on any atom is 0.324 e. The van der Waals surface area contributed by atoms with Crippen molar-refractivity contribution in [1.29, 1.82) is 0 Å². The van der Waals surface area contributed by atoms with E-state index in [4.69, 9.17) is 14.2 Å². The summed E-state index contributed by atoms with van der Waals surface area (Å²) >= 11 is 0.146. The third-order valence-electron chi connectivity index (χ3n) is 2.03. The Bertz CT molecular complexity index is 222. The first-order valence-electron chi connectivity index (χ1n) is 4.61. The van der Waals surface area contributed by atoms with Crippen LogP contribution in [0.1, 0.15) is 13.8 Å². The molecule has 0 saturated heterocycles. The first kappa shape index (κ1) is 15.6. The number of ether oxygens (including phenoxy) is 3. The third kappa shape index (κ3) is 4.23. The predicted molar refractivity (Wildman–Crippen MR) is 56.4 cm³/mol. The molecule has 0 heterocycles. The van der Waals surface area contributed by atoms with Gasteiger partial charge in [-0.15, -0.1) is 0 Å². The molecule has 0 aromatic rings. The lowest BCUT2D eigenvalue weighted by atomic mass is 10.2. The molecule has 0 aliphatic carbocycles. The fraction of sp³-hybridized carbons (Fsp3) is 0.889. The smallest absolute Gasteiger partial charge is 0.324 e. The van der Waals surface area contributed by atoms with Gasteiger partial charge in [-0.1, -0.05) is 11.8 Å². The summed E-state index contributed by atoms with van der Waals surface area (Å²) in [5.74, 6) is -4.93. The van der Waals surface area contributed by atoms with Crippen LogP contribution < -0.4 is 0 Å². The molecule has 0 bridgehead atoms. The van der Waals surface area contributed by atoms with E-state index in [1.54, 1.807) is 6.92 Å². The molecule has 4 nitrogen and oxygen atoms in total. The molecule has 0 aromatic carbocycles. The van der Waals surface area contributed by atoms with Crippen molar-refractivity contribution in [1.82, 2.24) is 0 Å². The standard InChI is InChI=1S/C9H16F2O4S/c1-5-15-7(12)6(16-8(10)11)9(2,13-3)14-4/h6,8H,5H2,1-4H3. The number of carbonyl (C=O) groups is 1. The normalized spacial score (nSPS) is 13.9. The maximum absolute atomic E-state index is 12.3. The summed E-state index contributed by atoms with van der Waals surface area (Å²) in [5.41, 5.74) is 0. The van der Waals surface area contributed by atoms with E-state index >= 15 is 0 Å². The first-order valence-corrected chi connectivity index (χ1v) is 5.56. The lowest BCUT2D eigenvalue weighted by Crippen LogP contribution is -2.47. The Morgan fingerprint density at radius 1 is 1.38 bits per heavy atom. The van der Waals surface area contributed by atoms with E-state index in [1.807, 2.05) is 0 Å². The van der Waals surface area contributed by atoms with Crippen LogP contribution >= 0.6 is 11.8 Å². The van der Waals surface area contributed by atoms with Gasteiger partial charge in [0.1, 0.15) is 0 Å². The van der Waals surface area contributed by atoms with Gasteiger partial charge in [0.05, 0.1) is 6.61 Å². The second-order valence-corrected chi connectivity index (χ2v) is 4.05. The summed E-state index contributed by atoms with van der Waals surface area (Å²) in [4.78, 5) is 11.5. The van der Waals surface area contributed by atoms with Crippen molar-refractivity contribution in [3.8, 4) is 0 Å². The number of esters is 1. The Hall–Kier alpha value is -0.400. The van der Waals surface area contributed by atoms with E-state index in [9.17, 15) is 13.6 Å². The lowest BCUT2D eigenvalue weighted by molar-refractivity contribution is -0.201. The number of hydrogen-bond donors (Lipinski definition) is 0. The molecule has 0 spiro atoms. The Morgan fingerprint density at radius 2 is 1.88 bits per heavy atom. The van der Waals surface area contributed by atoms with Gasteiger partial charge in [-0.25, -0.2) is 0 Å². The summed E-state index contributed by atoms with van der Waals surface area (Å²) in [6, 6.07) is 0. The number of alkyl halides is 2. The SMILES string of the molecule is CCOC(=O)C(SC(F)F)C(C)(OC)OC. The zero-order valence-electron chi connectivity index (χ0n) is 9.66. The molecule has 0 N–H and O–H groups in total. The van der Waals surface area contributed by atoms with Gasteiger partial charge >= 0.3 is 5.97 Å². The van der Waals surface area contributed by atoms with Crippen LogP contribution in [0.3, 0.4) is 0 Å². The predicted octanol–water partition coefficient (Wildman–Crippen LogP) is 1.88. The van der Waals surface area contributed by atoms with E-state index in [0.29, 0.717) is 0 Å². The molecule has 0 saturated carbocycles. The van der Waals surface area contributed by atoms with E-state index in [-0.39, 0.29) is 18.4 Å². The molecule has 0 fully saturated rings. The molecule has 0 aliphatic rings. The molecule has 0 aromatic heterocycles. The number of carbonyl (C=O) groups excluding carboxylic acids is 1. The Balaban J connectivity index is 4.83. The van der Waals surface area contributed by atoms with Crippen molar-refractivity contribution in [2.45, 2.75) is 30.6 Å². The fourth-order valence-electron chi connectivity index (χ4n) is 1.01. The van der Waals surface area contributed by atoms with Gasteiger partial charge in [-0.3, -0.25) is 4.79 Å². The minimum Gasteiger partial charge on any atom is -0.465 e. The average molecular weight is 258 g/mol. The van der Waals surface area contributed by atoms with Crippen LogP contribution in [-0.4, -0.2) is 43.6 Å². The quantitative estimate of drug-likeness (QED) is 0.515.